The maximum absolute atomic E-state index is 5.95. The number of hydrogen-bond donors (Lipinski definition) is 0. The normalized spacial score (nSPS) is 12.4. The third-order valence-electron chi connectivity index (χ3n) is 6.01. The molecule has 0 aliphatic rings. The van der Waals surface area contributed by atoms with Crippen molar-refractivity contribution in [3.8, 4) is 0 Å². The minimum Gasteiger partial charge on any atom is -0.454 e. The molecular weight excluding hydrogens is 436 g/mol. The summed E-state index contributed by atoms with van der Waals surface area (Å²) in [5.74, 6) is 0. The number of aromatic nitrogens is 2. The number of para-hydroxylation sites is 1. The summed E-state index contributed by atoms with van der Waals surface area (Å²) in [6.45, 7) is 13.1. The molecular formula is C30H30N2OS. The van der Waals surface area contributed by atoms with Crippen molar-refractivity contribution in [2.45, 2.75) is 52.4 Å². The molecule has 0 aliphatic heterocycles. The average molecular weight is 467 g/mol. The molecule has 0 saturated carbocycles. The van der Waals surface area contributed by atoms with Gasteiger partial charge >= 0.3 is 0 Å². The highest BCUT2D eigenvalue weighted by atomic mass is 32.1. The van der Waals surface area contributed by atoms with E-state index in [0.29, 0.717) is 0 Å². The second-order valence-corrected chi connectivity index (χ2v) is 11.8. The first-order chi connectivity index (χ1) is 16.1. The van der Waals surface area contributed by atoms with Crippen LogP contribution in [0.2, 0.25) is 0 Å². The molecule has 34 heavy (non-hydrogen) atoms. The number of thiophene rings is 1. The van der Waals surface area contributed by atoms with E-state index in [-0.39, 0.29) is 10.8 Å². The molecule has 0 bridgehead atoms. The highest BCUT2D eigenvalue weighted by molar-refractivity contribution is 7.26. The molecule has 0 unspecified atom stereocenters. The van der Waals surface area contributed by atoms with Crippen LogP contribution in [0.25, 0.3) is 42.1 Å². The van der Waals surface area contributed by atoms with Crippen LogP contribution in [0, 0.1) is 0 Å². The zero-order valence-electron chi connectivity index (χ0n) is 20.6. The number of nitrogens with zero attached hydrogens (tertiary/aromatic N) is 2. The van der Waals surface area contributed by atoms with E-state index in [1.54, 1.807) is 0 Å². The van der Waals surface area contributed by atoms with Crippen molar-refractivity contribution in [3.63, 3.8) is 0 Å². The van der Waals surface area contributed by atoms with Gasteiger partial charge in [0.2, 0.25) is 0 Å². The Labute approximate surface area is 204 Å². The van der Waals surface area contributed by atoms with Crippen LogP contribution in [0.5, 0.6) is 0 Å². The minimum absolute atomic E-state index is 0.00656. The average Bonchev–Trinajstić information content (AvgIpc) is 3.36. The Morgan fingerprint density at radius 2 is 1.21 bits per heavy atom. The largest absolute Gasteiger partial charge is 0.454 e. The third kappa shape index (κ3) is 3.97. The van der Waals surface area contributed by atoms with Crippen molar-refractivity contribution in [3.05, 3.63) is 84.4 Å². The van der Waals surface area contributed by atoms with Crippen molar-refractivity contribution in [2.75, 3.05) is 0 Å². The van der Waals surface area contributed by atoms with Crippen LogP contribution in [0.3, 0.4) is 0 Å². The second-order valence-electron chi connectivity index (χ2n) is 10.8. The van der Waals surface area contributed by atoms with E-state index in [1.165, 1.54) is 25.9 Å². The highest BCUT2D eigenvalue weighted by Gasteiger charge is 2.22. The van der Waals surface area contributed by atoms with Gasteiger partial charge in [0.15, 0.2) is 5.58 Å². The lowest BCUT2D eigenvalue weighted by Crippen LogP contribution is -2.13. The molecule has 6 aromatic rings. The van der Waals surface area contributed by atoms with Crippen LogP contribution < -0.4 is 0 Å². The fraction of sp³-hybridized carbons (Fsp3) is 0.267. The van der Waals surface area contributed by atoms with Gasteiger partial charge < -0.3 is 4.42 Å². The number of rotatable bonds is 0. The Morgan fingerprint density at radius 3 is 1.91 bits per heavy atom. The van der Waals surface area contributed by atoms with E-state index in [0.717, 1.165) is 27.6 Å². The fourth-order valence-corrected chi connectivity index (χ4v) is 5.77. The third-order valence-corrected chi connectivity index (χ3v) is 7.20. The predicted octanol–water partition coefficient (Wildman–Crippen LogP) is 9.03. The Balaban J connectivity index is 0.000000142. The lowest BCUT2D eigenvalue weighted by Gasteiger charge is -2.18. The van der Waals surface area contributed by atoms with Crippen LogP contribution in [-0.2, 0) is 10.8 Å². The molecule has 172 valence electrons. The van der Waals surface area contributed by atoms with E-state index >= 15 is 0 Å². The van der Waals surface area contributed by atoms with Gasteiger partial charge in [-0.2, -0.15) is 0 Å². The van der Waals surface area contributed by atoms with Gasteiger partial charge in [-0.25, -0.2) is 0 Å². The van der Waals surface area contributed by atoms with Crippen molar-refractivity contribution in [1.29, 1.82) is 0 Å². The minimum atomic E-state index is -0.00656. The summed E-state index contributed by atoms with van der Waals surface area (Å²) in [7, 11) is 0. The molecule has 4 aromatic heterocycles. The summed E-state index contributed by atoms with van der Waals surface area (Å²) < 4.78 is 8.63. The number of hydrogen-bond acceptors (Lipinski definition) is 4. The molecule has 0 fully saturated rings. The molecule has 0 atom stereocenters. The molecule has 0 radical (unpaired) electrons. The van der Waals surface area contributed by atoms with Crippen molar-refractivity contribution >= 4 is 53.4 Å². The van der Waals surface area contributed by atoms with Crippen LogP contribution in [0.1, 0.15) is 52.9 Å². The van der Waals surface area contributed by atoms with E-state index in [9.17, 15) is 0 Å². The molecule has 3 nitrogen and oxygen atoms in total. The van der Waals surface area contributed by atoms with Gasteiger partial charge in [-0.1, -0.05) is 77.9 Å². The van der Waals surface area contributed by atoms with Crippen molar-refractivity contribution in [2.24, 2.45) is 0 Å². The highest BCUT2D eigenvalue weighted by Crippen LogP contribution is 2.38. The first-order valence-electron chi connectivity index (χ1n) is 11.7. The van der Waals surface area contributed by atoms with E-state index in [1.807, 2.05) is 48.0 Å². The first-order valence-corrected chi connectivity index (χ1v) is 12.5. The predicted molar refractivity (Wildman–Crippen MR) is 146 cm³/mol. The Bertz CT molecular complexity index is 1500. The number of pyridine rings is 2. The van der Waals surface area contributed by atoms with Crippen molar-refractivity contribution < 1.29 is 4.42 Å². The molecule has 0 aliphatic carbocycles. The molecule has 0 spiro atoms. The molecule has 4 heteroatoms. The van der Waals surface area contributed by atoms with Gasteiger partial charge in [0.25, 0.3) is 0 Å². The summed E-state index contributed by atoms with van der Waals surface area (Å²) in [6, 6.07) is 20.9. The molecule has 4 heterocycles. The van der Waals surface area contributed by atoms with Crippen LogP contribution in [0.15, 0.2) is 77.5 Å². The zero-order chi connectivity index (χ0) is 24.1. The van der Waals surface area contributed by atoms with Gasteiger partial charge in [-0.05, 0) is 24.3 Å². The van der Waals surface area contributed by atoms with Crippen LogP contribution >= 0.6 is 11.3 Å². The number of fused-ring (bicyclic) bond motifs is 6. The summed E-state index contributed by atoms with van der Waals surface area (Å²) in [4.78, 5) is 9.06. The van der Waals surface area contributed by atoms with Gasteiger partial charge in [0.1, 0.15) is 5.58 Å². The Kier molecular flexibility index (Phi) is 5.44. The lowest BCUT2D eigenvalue weighted by atomic mass is 9.90. The monoisotopic (exact) mass is 466 g/mol. The van der Waals surface area contributed by atoms with E-state index in [2.05, 4.69) is 87.9 Å². The topological polar surface area (TPSA) is 38.9 Å². The van der Waals surface area contributed by atoms with E-state index < -0.39 is 0 Å². The lowest BCUT2D eigenvalue weighted by molar-refractivity contribution is 0.553. The molecule has 0 N–H and O–H groups in total. The quantitative estimate of drug-likeness (QED) is 0.224. The maximum Gasteiger partial charge on any atom is 0.157 e. The Hall–Kier alpha value is -3.24. The van der Waals surface area contributed by atoms with Gasteiger partial charge in [-0.3, -0.25) is 9.97 Å². The van der Waals surface area contributed by atoms with E-state index in [4.69, 9.17) is 4.42 Å². The fourth-order valence-electron chi connectivity index (χ4n) is 4.37. The standard InChI is InChI=1S/C15H15NO.C15H15NS/c2*1-15(2,3)14-13-11(8-9-16-14)10-6-4-5-7-12(10)17-13/h2*4-9H,1-3H3. The second kappa shape index (κ2) is 8.21. The van der Waals surface area contributed by atoms with Gasteiger partial charge in [0, 0.05) is 49.5 Å². The number of furan rings is 1. The van der Waals surface area contributed by atoms with Crippen LogP contribution in [-0.4, -0.2) is 9.97 Å². The molecule has 0 amide bonds. The van der Waals surface area contributed by atoms with Crippen molar-refractivity contribution in [1.82, 2.24) is 9.97 Å². The summed E-state index contributed by atoms with van der Waals surface area (Å²) in [6.07, 6.45) is 3.80. The number of benzene rings is 2. The summed E-state index contributed by atoms with van der Waals surface area (Å²) in [5.41, 5.74) is 4.16. The van der Waals surface area contributed by atoms with Gasteiger partial charge in [-0.15, -0.1) is 11.3 Å². The molecule has 2 aromatic carbocycles. The van der Waals surface area contributed by atoms with Crippen LogP contribution in [0.4, 0.5) is 0 Å². The first kappa shape index (κ1) is 22.5. The molecule has 6 rings (SSSR count). The maximum atomic E-state index is 5.95. The summed E-state index contributed by atoms with van der Waals surface area (Å²) in [5, 5.41) is 5.00. The Morgan fingerprint density at radius 1 is 0.618 bits per heavy atom. The summed E-state index contributed by atoms with van der Waals surface area (Å²) >= 11 is 1.85. The smallest absolute Gasteiger partial charge is 0.157 e. The zero-order valence-corrected chi connectivity index (χ0v) is 21.5. The van der Waals surface area contributed by atoms with Gasteiger partial charge in [0.05, 0.1) is 16.1 Å². The SMILES string of the molecule is CC(C)(C)c1nccc2c1oc1ccccc12.CC(C)(C)c1nccc2c1sc1ccccc12. The molecule has 0 saturated heterocycles.